The van der Waals surface area contributed by atoms with E-state index in [0.29, 0.717) is 22.5 Å². The molecule has 12 heteroatoms. The Kier molecular flexibility index (Phi) is 7.84. The number of nitrogens with zero attached hydrogens (tertiary/aromatic N) is 5. The van der Waals surface area contributed by atoms with Gasteiger partial charge in [-0.3, -0.25) is 14.7 Å². The number of alkyl halides is 1. The Morgan fingerprint density at radius 1 is 1.02 bits per heavy atom. The molecule has 1 saturated heterocycles. The lowest BCUT2D eigenvalue weighted by Gasteiger charge is -2.36. The Hall–Kier alpha value is -4.00. The average Bonchev–Trinajstić information content (AvgIpc) is 3.07. The molecule has 0 spiro atoms. The van der Waals surface area contributed by atoms with E-state index in [1.54, 1.807) is 36.3 Å². The third-order valence-electron chi connectivity index (χ3n) is 7.67. The molecule has 1 aromatic carbocycles. The van der Waals surface area contributed by atoms with Crippen LogP contribution in [-0.4, -0.2) is 78.6 Å². The van der Waals surface area contributed by atoms with Gasteiger partial charge in [0.05, 0.1) is 46.2 Å². The maximum Gasteiger partial charge on any atom is 0.251 e. The molecule has 0 aliphatic carbocycles. The van der Waals surface area contributed by atoms with Crippen molar-refractivity contribution in [3.05, 3.63) is 77.6 Å². The van der Waals surface area contributed by atoms with Gasteiger partial charge in [0.2, 0.25) is 15.3 Å². The van der Waals surface area contributed by atoms with Crippen molar-refractivity contribution < 1.29 is 22.3 Å². The zero-order chi connectivity index (χ0) is 30.3. The molecular formula is C31H33FN6O4S. The molecule has 10 nitrogen and oxygen atoms in total. The predicted octanol–water partition coefficient (Wildman–Crippen LogP) is 3.75. The van der Waals surface area contributed by atoms with Crippen LogP contribution >= 0.6 is 0 Å². The molecule has 6 rings (SSSR count). The summed E-state index contributed by atoms with van der Waals surface area (Å²) in [5.41, 5.74) is 1.29. The third kappa shape index (κ3) is 6.08. The molecule has 1 fully saturated rings. The summed E-state index contributed by atoms with van der Waals surface area (Å²) in [5, 5.41) is 3.63. The molecule has 4 aromatic rings. The van der Waals surface area contributed by atoms with Gasteiger partial charge in [-0.1, -0.05) is 12.1 Å². The van der Waals surface area contributed by atoms with E-state index in [4.69, 9.17) is 14.7 Å². The van der Waals surface area contributed by atoms with E-state index in [-0.39, 0.29) is 42.3 Å². The van der Waals surface area contributed by atoms with Crippen LogP contribution in [0.5, 0.6) is 0 Å². The number of halogens is 1. The van der Waals surface area contributed by atoms with Crippen molar-refractivity contribution in [2.24, 2.45) is 0 Å². The predicted molar refractivity (Wildman–Crippen MR) is 161 cm³/mol. The first kappa shape index (κ1) is 29.1. The molecule has 3 aromatic heterocycles. The van der Waals surface area contributed by atoms with E-state index < -0.39 is 21.2 Å². The van der Waals surface area contributed by atoms with Crippen molar-refractivity contribution in [1.82, 2.24) is 25.2 Å². The normalized spacial score (nSPS) is 22.1. The van der Waals surface area contributed by atoms with Crippen LogP contribution < -0.4 is 10.2 Å². The van der Waals surface area contributed by atoms with Crippen LogP contribution in [0.1, 0.15) is 35.5 Å². The number of sulfone groups is 1. The second-order valence-corrected chi connectivity index (χ2v) is 13.3. The number of hydrogen-bond donors (Lipinski definition) is 1. The fraction of sp³-hybridized carbons (Fsp3) is 0.355. The number of aromatic nitrogens is 3. The van der Waals surface area contributed by atoms with Gasteiger partial charge >= 0.3 is 0 Å². The molecular weight excluding hydrogens is 571 g/mol. The monoisotopic (exact) mass is 604 g/mol. The number of nitrogens with one attached hydrogen (secondary N) is 1. The number of fused-ring (bicyclic) bond motifs is 2. The van der Waals surface area contributed by atoms with Crippen LogP contribution in [0.2, 0.25) is 0 Å². The molecule has 2 aliphatic rings. The number of anilines is 1. The Balaban J connectivity index is 1.19. The van der Waals surface area contributed by atoms with Gasteiger partial charge in [-0.05, 0) is 68.9 Å². The Morgan fingerprint density at radius 2 is 1.79 bits per heavy atom. The standard InChI is InChI=1S/C31H33FN6O4S/c1-19-15-38(16-20(2)42-19)30-6-4-5-25(36-30)26-10-9-22-13-33-24(12-27(22)35-26)14-34-31(39)21-7-8-23-17-37(3)18-29(32)43(40,41)28(23)11-21/h4-13,19-20,29H,14-18H2,1-3H3,(H,34,39)/t19-,20+,29-/m1/s1. The fourth-order valence-corrected chi connectivity index (χ4v) is 7.12. The Morgan fingerprint density at radius 3 is 2.58 bits per heavy atom. The minimum absolute atomic E-state index is 0.0973. The van der Waals surface area contributed by atoms with E-state index in [2.05, 4.69) is 29.0 Å². The highest BCUT2D eigenvalue weighted by atomic mass is 32.2. The number of morpholine rings is 1. The van der Waals surface area contributed by atoms with Crippen molar-refractivity contribution in [2.75, 3.05) is 31.6 Å². The Bertz CT molecular complexity index is 1790. The van der Waals surface area contributed by atoms with Gasteiger partial charge in [0.15, 0.2) is 0 Å². The summed E-state index contributed by atoms with van der Waals surface area (Å²) < 4.78 is 45.8. The number of pyridine rings is 3. The number of ether oxygens (including phenoxy) is 1. The van der Waals surface area contributed by atoms with Gasteiger partial charge < -0.3 is 15.0 Å². The molecule has 0 unspecified atom stereocenters. The number of hydrogen-bond acceptors (Lipinski definition) is 9. The van der Waals surface area contributed by atoms with Crippen LogP contribution in [0.3, 0.4) is 0 Å². The number of carbonyl (C=O) groups excluding carboxylic acids is 1. The van der Waals surface area contributed by atoms with Crippen LogP contribution in [0.4, 0.5) is 10.2 Å². The second kappa shape index (κ2) is 11.6. The fourth-order valence-electron chi connectivity index (χ4n) is 5.60. The summed E-state index contributed by atoms with van der Waals surface area (Å²) in [6.45, 7) is 5.80. The van der Waals surface area contributed by atoms with Gasteiger partial charge in [-0.15, -0.1) is 0 Å². The summed E-state index contributed by atoms with van der Waals surface area (Å²) in [4.78, 5) is 30.8. The molecule has 224 valence electrons. The van der Waals surface area contributed by atoms with Gasteiger partial charge in [0.25, 0.3) is 5.91 Å². The number of amides is 1. The maximum absolute atomic E-state index is 14.5. The summed E-state index contributed by atoms with van der Waals surface area (Å²) in [6.07, 6.45) is 1.93. The molecule has 0 saturated carbocycles. The molecule has 0 radical (unpaired) electrons. The van der Waals surface area contributed by atoms with E-state index in [9.17, 15) is 17.6 Å². The number of rotatable bonds is 5. The number of benzene rings is 1. The molecule has 1 N–H and O–H groups in total. The maximum atomic E-state index is 14.5. The van der Waals surface area contributed by atoms with Gasteiger partial charge in [-0.25, -0.2) is 22.8 Å². The van der Waals surface area contributed by atoms with Crippen molar-refractivity contribution >= 4 is 32.5 Å². The smallest absolute Gasteiger partial charge is 0.251 e. The zero-order valence-electron chi connectivity index (χ0n) is 24.2. The highest BCUT2D eigenvalue weighted by Crippen LogP contribution is 2.28. The molecule has 3 atom stereocenters. The van der Waals surface area contributed by atoms with Crippen LogP contribution in [0.25, 0.3) is 22.3 Å². The first-order chi connectivity index (χ1) is 20.6. The molecule has 1 amide bonds. The minimum Gasteiger partial charge on any atom is -0.372 e. The summed E-state index contributed by atoms with van der Waals surface area (Å²) in [5.74, 6) is 0.390. The number of carbonyl (C=O) groups is 1. The van der Waals surface area contributed by atoms with E-state index in [1.165, 1.54) is 6.07 Å². The lowest BCUT2D eigenvalue weighted by atomic mass is 10.1. The lowest BCUT2D eigenvalue weighted by molar-refractivity contribution is -0.00545. The topological polar surface area (TPSA) is 118 Å². The summed E-state index contributed by atoms with van der Waals surface area (Å²) >= 11 is 0. The highest BCUT2D eigenvalue weighted by molar-refractivity contribution is 7.92. The van der Waals surface area contributed by atoms with Gasteiger partial charge in [0, 0.05) is 43.3 Å². The highest BCUT2D eigenvalue weighted by Gasteiger charge is 2.34. The SMILES string of the molecule is C[C@@H]1CN(c2cccc(-c3ccc4cnc(CNC(=O)c5ccc6c(c5)S(=O)(=O)[C@@H](F)CN(C)C6)cc4n3)n2)C[C@H](C)O1. The average molecular weight is 605 g/mol. The van der Waals surface area contributed by atoms with Crippen molar-refractivity contribution in [1.29, 1.82) is 0 Å². The van der Waals surface area contributed by atoms with Crippen molar-refractivity contribution in [3.8, 4) is 11.4 Å². The second-order valence-electron chi connectivity index (χ2n) is 11.3. The molecule has 0 bridgehead atoms. The van der Waals surface area contributed by atoms with Crippen LogP contribution in [0, 0.1) is 0 Å². The third-order valence-corrected chi connectivity index (χ3v) is 9.48. The summed E-state index contributed by atoms with van der Waals surface area (Å²) in [7, 11) is -2.54. The van der Waals surface area contributed by atoms with E-state index in [1.807, 2.05) is 30.3 Å². The zero-order valence-corrected chi connectivity index (χ0v) is 25.0. The van der Waals surface area contributed by atoms with Crippen molar-refractivity contribution in [3.63, 3.8) is 0 Å². The first-order valence-electron chi connectivity index (χ1n) is 14.2. The van der Waals surface area contributed by atoms with Crippen LogP contribution in [0.15, 0.2) is 65.7 Å². The van der Waals surface area contributed by atoms with Crippen molar-refractivity contribution in [2.45, 2.75) is 49.5 Å². The lowest BCUT2D eigenvalue weighted by Crippen LogP contribution is -2.45. The van der Waals surface area contributed by atoms with E-state index >= 15 is 0 Å². The first-order valence-corrected chi connectivity index (χ1v) is 15.7. The quantitative estimate of drug-likeness (QED) is 0.364. The van der Waals surface area contributed by atoms with Gasteiger partial charge in [0.1, 0.15) is 5.82 Å². The molecule has 5 heterocycles. The summed E-state index contributed by atoms with van der Waals surface area (Å²) in [6, 6.07) is 15.9. The van der Waals surface area contributed by atoms with E-state index in [0.717, 1.165) is 30.0 Å². The van der Waals surface area contributed by atoms with Crippen LogP contribution in [-0.2, 0) is 27.7 Å². The Labute approximate surface area is 249 Å². The minimum atomic E-state index is -4.20. The largest absolute Gasteiger partial charge is 0.372 e. The van der Waals surface area contributed by atoms with Gasteiger partial charge in [-0.2, -0.15) is 0 Å². The molecule has 2 aliphatic heterocycles. The molecule has 43 heavy (non-hydrogen) atoms.